The van der Waals surface area contributed by atoms with Crippen LogP contribution in [0.2, 0.25) is 0 Å². The highest BCUT2D eigenvalue weighted by atomic mass is 16.5. The van der Waals surface area contributed by atoms with Crippen molar-refractivity contribution in [2.45, 2.75) is 20.0 Å². The molecular weight excluding hydrogens is 222 g/mol. The maximum Gasteiger partial charge on any atom is 0.358 e. The Morgan fingerprint density at radius 3 is 2.88 bits per heavy atom. The van der Waals surface area contributed by atoms with Crippen molar-refractivity contribution >= 4 is 11.8 Å². The number of rotatable bonds is 6. The third-order valence-corrected chi connectivity index (χ3v) is 1.89. The van der Waals surface area contributed by atoms with Crippen LogP contribution in [-0.2, 0) is 9.47 Å². The molecule has 6 heteroatoms. The Kier molecular flexibility index (Phi) is 5.35. The highest BCUT2D eigenvalue weighted by Gasteiger charge is 2.07. The van der Waals surface area contributed by atoms with Crippen LogP contribution in [0, 0.1) is 0 Å². The van der Waals surface area contributed by atoms with Crippen molar-refractivity contribution < 1.29 is 14.3 Å². The zero-order valence-electron chi connectivity index (χ0n) is 10.3. The fourth-order valence-electron chi connectivity index (χ4n) is 1.13. The Balaban J connectivity index is 2.46. The lowest BCUT2D eigenvalue weighted by molar-refractivity contribution is 0.0593. The number of methoxy groups -OCH3 is 1. The molecule has 1 heterocycles. The molecule has 0 aromatic carbocycles. The summed E-state index contributed by atoms with van der Waals surface area (Å²) in [7, 11) is 1.31. The van der Waals surface area contributed by atoms with E-state index in [0.717, 1.165) is 0 Å². The minimum atomic E-state index is -0.500. The van der Waals surface area contributed by atoms with Crippen LogP contribution in [0.5, 0.6) is 0 Å². The third-order valence-electron chi connectivity index (χ3n) is 1.89. The summed E-state index contributed by atoms with van der Waals surface area (Å²) in [5, 5.41) is 3.01. The number of nitrogens with one attached hydrogen (secondary N) is 1. The summed E-state index contributed by atoms with van der Waals surface area (Å²) < 4.78 is 9.91. The predicted molar refractivity (Wildman–Crippen MR) is 62.9 cm³/mol. The average Bonchev–Trinajstić information content (AvgIpc) is 2.34. The van der Waals surface area contributed by atoms with Gasteiger partial charge in [0.05, 0.1) is 32.2 Å². The van der Waals surface area contributed by atoms with Crippen molar-refractivity contribution in [3.8, 4) is 0 Å². The topological polar surface area (TPSA) is 73.3 Å². The maximum absolute atomic E-state index is 11.2. The molecular formula is C11H17N3O3. The van der Waals surface area contributed by atoms with Crippen molar-refractivity contribution in [1.29, 1.82) is 0 Å². The Morgan fingerprint density at radius 2 is 2.24 bits per heavy atom. The lowest BCUT2D eigenvalue weighted by atomic mass is 10.4. The second-order valence-corrected chi connectivity index (χ2v) is 3.63. The molecule has 6 nitrogen and oxygen atoms in total. The van der Waals surface area contributed by atoms with Gasteiger partial charge in [-0.2, -0.15) is 0 Å². The summed E-state index contributed by atoms with van der Waals surface area (Å²) in [4.78, 5) is 19.2. The van der Waals surface area contributed by atoms with Gasteiger partial charge in [-0.3, -0.25) is 4.98 Å². The number of hydrogen-bond acceptors (Lipinski definition) is 6. The van der Waals surface area contributed by atoms with Gasteiger partial charge in [-0.1, -0.05) is 0 Å². The fourth-order valence-corrected chi connectivity index (χ4v) is 1.13. The summed E-state index contributed by atoms with van der Waals surface area (Å²) in [6, 6.07) is 0. The van der Waals surface area contributed by atoms with Crippen molar-refractivity contribution in [2.75, 3.05) is 25.6 Å². The molecule has 17 heavy (non-hydrogen) atoms. The van der Waals surface area contributed by atoms with Gasteiger partial charge < -0.3 is 14.8 Å². The quantitative estimate of drug-likeness (QED) is 0.592. The molecule has 0 radical (unpaired) electrons. The van der Waals surface area contributed by atoms with Gasteiger partial charge in [0.1, 0.15) is 5.82 Å². The number of aromatic nitrogens is 2. The highest BCUT2D eigenvalue weighted by Crippen LogP contribution is 2.02. The second-order valence-electron chi connectivity index (χ2n) is 3.63. The first-order valence-electron chi connectivity index (χ1n) is 5.39. The van der Waals surface area contributed by atoms with Gasteiger partial charge >= 0.3 is 5.97 Å². The SMILES string of the molecule is COC(=O)c1cncc(NCCOC(C)C)n1. The molecule has 0 saturated heterocycles. The van der Waals surface area contributed by atoms with E-state index in [-0.39, 0.29) is 11.8 Å². The molecule has 1 N–H and O–H groups in total. The lowest BCUT2D eigenvalue weighted by Crippen LogP contribution is -2.15. The Bertz CT molecular complexity index is 369. The van der Waals surface area contributed by atoms with E-state index in [1.54, 1.807) is 6.20 Å². The first-order valence-corrected chi connectivity index (χ1v) is 5.39. The van der Waals surface area contributed by atoms with Crippen LogP contribution in [-0.4, -0.2) is 42.3 Å². The number of ether oxygens (including phenoxy) is 2. The number of anilines is 1. The van der Waals surface area contributed by atoms with E-state index < -0.39 is 5.97 Å². The van der Waals surface area contributed by atoms with Gasteiger partial charge in [0, 0.05) is 6.54 Å². The minimum absolute atomic E-state index is 0.183. The lowest BCUT2D eigenvalue weighted by Gasteiger charge is -2.09. The number of carbonyl (C=O) groups is 1. The summed E-state index contributed by atoms with van der Waals surface area (Å²) in [6.45, 7) is 5.12. The van der Waals surface area contributed by atoms with Gasteiger partial charge in [0.2, 0.25) is 0 Å². The zero-order chi connectivity index (χ0) is 12.7. The molecule has 0 unspecified atom stereocenters. The van der Waals surface area contributed by atoms with Gasteiger partial charge in [-0.05, 0) is 13.8 Å². The number of esters is 1. The van der Waals surface area contributed by atoms with Crippen LogP contribution in [0.25, 0.3) is 0 Å². The minimum Gasteiger partial charge on any atom is -0.464 e. The van der Waals surface area contributed by atoms with E-state index in [2.05, 4.69) is 20.0 Å². The van der Waals surface area contributed by atoms with Crippen LogP contribution in [0.1, 0.15) is 24.3 Å². The molecule has 1 rings (SSSR count). The largest absolute Gasteiger partial charge is 0.464 e. The van der Waals surface area contributed by atoms with Crippen molar-refractivity contribution in [2.24, 2.45) is 0 Å². The zero-order valence-corrected chi connectivity index (χ0v) is 10.3. The first kappa shape index (κ1) is 13.4. The molecule has 0 amide bonds. The summed E-state index contributed by atoms with van der Waals surface area (Å²) in [5.41, 5.74) is 0.183. The molecule has 0 atom stereocenters. The highest BCUT2D eigenvalue weighted by molar-refractivity contribution is 5.87. The van der Waals surface area contributed by atoms with Gasteiger partial charge in [0.25, 0.3) is 0 Å². The maximum atomic E-state index is 11.2. The smallest absolute Gasteiger partial charge is 0.358 e. The molecule has 0 aliphatic carbocycles. The summed E-state index contributed by atoms with van der Waals surface area (Å²) in [6.07, 6.45) is 3.10. The first-order chi connectivity index (χ1) is 8.13. The van der Waals surface area contributed by atoms with E-state index in [9.17, 15) is 4.79 Å². The molecule has 1 aromatic heterocycles. The van der Waals surface area contributed by atoms with E-state index in [4.69, 9.17) is 4.74 Å². The summed E-state index contributed by atoms with van der Waals surface area (Å²) >= 11 is 0. The number of carbonyl (C=O) groups excluding carboxylic acids is 1. The van der Waals surface area contributed by atoms with Crippen molar-refractivity contribution in [1.82, 2.24) is 9.97 Å². The van der Waals surface area contributed by atoms with Crippen LogP contribution in [0.3, 0.4) is 0 Å². The van der Waals surface area contributed by atoms with Crippen molar-refractivity contribution in [3.05, 3.63) is 18.1 Å². The van der Waals surface area contributed by atoms with Crippen molar-refractivity contribution in [3.63, 3.8) is 0 Å². The van der Waals surface area contributed by atoms with Crippen LogP contribution in [0.4, 0.5) is 5.82 Å². The Hall–Kier alpha value is -1.69. The third kappa shape index (κ3) is 4.78. The number of hydrogen-bond donors (Lipinski definition) is 1. The van der Waals surface area contributed by atoms with E-state index in [1.165, 1.54) is 13.3 Å². The predicted octanol–water partition coefficient (Wildman–Crippen LogP) is 1.10. The van der Waals surface area contributed by atoms with E-state index in [0.29, 0.717) is 19.0 Å². The van der Waals surface area contributed by atoms with Gasteiger partial charge in [-0.25, -0.2) is 9.78 Å². The van der Waals surface area contributed by atoms with Crippen LogP contribution in [0.15, 0.2) is 12.4 Å². The average molecular weight is 239 g/mol. The molecule has 0 bridgehead atoms. The van der Waals surface area contributed by atoms with Crippen LogP contribution >= 0.6 is 0 Å². The summed E-state index contributed by atoms with van der Waals surface area (Å²) in [5.74, 6) is 0.0276. The molecule has 0 saturated carbocycles. The number of nitrogens with zero attached hydrogens (tertiary/aromatic N) is 2. The fraction of sp³-hybridized carbons (Fsp3) is 0.545. The Labute approximate surface area is 100 Å². The van der Waals surface area contributed by atoms with Crippen LogP contribution < -0.4 is 5.32 Å². The molecule has 0 spiro atoms. The molecule has 0 fully saturated rings. The monoisotopic (exact) mass is 239 g/mol. The molecule has 0 aliphatic heterocycles. The second kappa shape index (κ2) is 6.80. The molecule has 0 aliphatic rings. The van der Waals surface area contributed by atoms with E-state index in [1.807, 2.05) is 13.8 Å². The molecule has 94 valence electrons. The van der Waals surface area contributed by atoms with E-state index >= 15 is 0 Å². The standard InChI is InChI=1S/C11H17N3O3/c1-8(2)17-5-4-13-10-7-12-6-9(14-10)11(15)16-3/h6-8H,4-5H2,1-3H3,(H,13,14). The van der Waals surface area contributed by atoms with Gasteiger partial charge in [-0.15, -0.1) is 0 Å². The molecule has 1 aromatic rings. The Morgan fingerprint density at radius 1 is 1.47 bits per heavy atom. The van der Waals surface area contributed by atoms with Gasteiger partial charge in [0.15, 0.2) is 5.69 Å². The normalized spacial score (nSPS) is 10.4.